The van der Waals surface area contributed by atoms with Crippen LogP contribution >= 0.6 is 12.4 Å². The minimum absolute atomic E-state index is 0. The maximum atomic E-state index is 10.9. The molecule has 5 nitrogen and oxygen atoms in total. The Hall–Kier alpha value is -0.810. The van der Waals surface area contributed by atoms with E-state index in [0.29, 0.717) is 12.8 Å². The van der Waals surface area contributed by atoms with E-state index in [1.165, 1.54) is 4.90 Å². The van der Waals surface area contributed by atoms with Crippen molar-refractivity contribution < 1.29 is 9.59 Å². The lowest BCUT2D eigenvalue weighted by Crippen LogP contribution is -2.45. The maximum Gasteiger partial charge on any atom is 0.256 e. The molecule has 1 aliphatic rings. The Kier molecular flexibility index (Phi) is 3.99. The molecule has 0 saturated carbocycles. The summed E-state index contributed by atoms with van der Waals surface area (Å²) in [5.74, 6) is 4.63. The number of nitrogens with zero attached hydrogens (tertiary/aromatic N) is 1. The van der Waals surface area contributed by atoms with Gasteiger partial charge in [0.2, 0.25) is 5.91 Å². The molecular weight excluding hydrogens is 182 g/mol. The smallest absolute Gasteiger partial charge is 0.256 e. The second kappa shape index (κ2) is 4.27. The number of likely N-dealkylation sites (tertiary alicyclic amines) is 1. The molecule has 1 saturated heterocycles. The quantitative estimate of drug-likeness (QED) is 0.319. The Morgan fingerprint density at radius 1 is 1.75 bits per heavy atom. The Morgan fingerprint density at radius 2 is 2.33 bits per heavy atom. The number of hydrogen-bond acceptors (Lipinski definition) is 3. The highest BCUT2D eigenvalue weighted by molar-refractivity contribution is 5.90. The van der Waals surface area contributed by atoms with E-state index in [2.05, 4.69) is 0 Å². The van der Waals surface area contributed by atoms with Gasteiger partial charge in [-0.05, 0) is 6.42 Å². The number of nitrogens with one attached hydrogen (secondary N) is 1. The first-order valence-corrected chi connectivity index (χ1v) is 3.43. The van der Waals surface area contributed by atoms with Crippen LogP contribution in [-0.2, 0) is 9.59 Å². The number of hydrogen-bond donors (Lipinski definition) is 2. The number of halogens is 1. The third kappa shape index (κ3) is 1.86. The number of amides is 2. The first-order valence-electron chi connectivity index (χ1n) is 3.43. The predicted molar refractivity (Wildman–Crippen MR) is 45.4 cm³/mol. The summed E-state index contributed by atoms with van der Waals surface area (Å²) in [6, 6.07) is -0.368. The summed E-state index contributed by atoms with van der Waals surface area (Å²) in [6.07, 6.45) is 1.01. The molecule has 0 aliphatic carbocycles. The molecular formula is C6H12ClN3O2. The summed E-state index contributed by atoms with van der Waals surface area (Å²) in [4.78, 5) is 23.3. The highest BCUT2D eigenvalue weighted by Gasteiger charge is 2.32. The lowest BCUT2D eigenvalue weighted by Gasteiger charge is -2.17. The average molecular weight is 194 g/mol. The van der Waals surface area contributed by atoms with E-state index < -0.39 is 0 Å². The van der Waals surface area contributed by atoms with Crippen molar-refractivity contribution in [2.24, 2.45) is 5.84 Å². The minimum Gasteiger partial charge on any atom is -0.334 e. The second-order valence-electron chi connectivity index (χ2n) is 2.57. The van der Waals surface area contributed by atoms with Gasteiger partial charge < -0.3 is 4.90 Å². The molecule has 3 N–H and O–H groups in total. The number of rotatable bonds is 1. The number of likely N-dealkylation sites (N-methyl/N-ethyl adjacent to an activating group) is 1. The van der Waals surface area contributed by atoms with Gasteiger partial charge in [0.05, 0.1) is 0 Å². The maximum absolute atomic E-state index is 10.9. The fraction of sp³-hybridized carbons (Fsp3) is 0.667. The van der Waals surface area contributed by atoms with Crippen LogP contribution in [0.3, 0.4) is 0 Å². The van der Waals surface area contributed by atoms with Gasteiger partial charge in [0, 0.05) is 13.5 Å². The van der Waals surface area contributed by atoms with Crippen LogP contribution in [0.2, 0.25) is 0 Å². The molecule has 0 radical (unpaired) electrons. The molecule has 0 bridgehead atoms. The lowest BCUT2D eigenvalue weighted by atomic mass is 10.2. The van der Waals surface area contributed by atoms with Crippen molar-refractivity contribution >= 4 is 24.2 Å². The predicted octanol–water partition coefficient (Wildman–Crippen LogP) is -0.981. The summed E-state index contributed by atoms with van der Waals surface area (Å²) in [5, 5.41) is 0. The van der Waals surface area contributed by atoms with E-state index >= 15 is 0 Å². The molecule has 0 spiro atoms. The van der Waals surface area contributed by atoms with Crippen LogP contribution in [0.1, 0.15) is 12.8 Å². The number of hydrazine groups is 1. The summed E-state index contributed by atoms with van der Waals surface area (Å²) in [6.45, 7) is 0. The first kappa shape index (κ1) is 11.2. The van der Waals surface area contributed by atoms with Crippen molar-refractivity contribution in [3.63, 3.8) is 0 Å². The molecule has 1 fully saturated rings. The summed E-state index contributed by atoms with van der Waals surface area (Å²) in [7, 11) is 1.61. The fourth-order valence-electron chi connectivity index (χ4n) is 1.21. The van der Waals surface area contributed by atoms with Crippen molar-refractivity contribution in [3.05, 3.63) is 0 Å². The van der Waals surface area contributed by atoms with Crippen LogP contribution in [0.25, 0.3) is 0 Å². The van der Waals surface area contributed by atoms with Gasteiger partial charge in [-0.1, -0.05) is 0 Å². The van der Waals surface area contributed by atoms with Crippen LogP contribution in [0.15, 0.2) is 0 Å². The Labute approximate surface area is 76.7 Å². The largest absolute Gasteiger partial charge is 0.334 e. The monoisotopic (exact) mass is 193 g/mol. The van der Waals surface area contributed by atoms with Crippen molar-refractivity contribution in [1.82, 2.24) is 10.3 Å². The van der Waals surface area contributed by atoms with Crippen LogP contribution in [0, 0.1) is 0 Å². The van der Waals surface area contributed by atoms with E-state index in [4.69, 9.17) is 5.84 Å². The van der Waals surface area contributed by atoms with Gasteiger partial charge in [0.15, 0.2) is 0 Å². The summed E-state index contributed by atoms with van der Waals surface area (Å²) < 4.78 is 0. The third-order valence-electron chi connectivity index (χ3n) is 1.94. The van der Waals surface area contributed by atoms with Crippen molar-refractivity contribution in [2.45, 2.75) is 18.9 Å². The fourth-order valence-corrected chi connectivity index (χ4v) is 1.21. The molecule has 0 aromatic heterocycles. The third-order valence-corrected chi connectivity index (χ3v) is 1.94. The number of nitrogens with two attached hydrogens (primary N) is 1. The topological polar surface area (TPSA) is 75.4 Å². The molecule has 0 unspecified atom stereocenters. The molecule has 2 amide bonds. The zero-order chi connectivity index (χ0) is 8.43. The molecule has 6 heteroatoms. The van der Waals surface area contributed by atoms with Gasteiger partial charge in [0.1, 0.15) is 6.04 Å². The standard InChI is InChI=1S/C6H11N3O2.ClH/c1-9-4(6(11)8-7)2-3-5(9)10;/h4H,2-3,7H2,1H3,(H,8,11);1H/t4-;/m0./s1. The summed E-state index contributed by atoms with van der Waals surface area (Å²) in [5.41, 5.74) is 2.03. The van der Waals surface area contributed by atoms with E-state index in [1.807, 2.05) is 5.43 Å². The molecule has 1 atom stereocenters. The van der Waals surface area contributed by atoms with Gasteiger partial charge in [0.25, 0.3) is 5.91 Å². The number of carbonyl (C=O) groups excluding carboxylic acids is 2. The molecule has 1 heterocycles. The molecule has 70 valence electrons. The van der Waals surface area contributed by atoms with Crippen molar-refractivity contribution in [2.75, 3.05) is 7.05 Å². The molecule has 0 aromatic carbocycles. The van der Waals surface area contributed by atoms with E-state index in [1.54, 1.807) is 7.05 Å². The first-order chi connectivity index (χ1) is 5.16. The Morgan fingerprint density at radius 3 is 2.67 bits per heavy atom. The Balaban J connectivity index is 0.00000121. The zero-order valence-corrected chi connectivity index (χ0v) is 7.56. The lowest BCUT2D eigenvalue weighted by molar-refractivity contribution is -0.133. The SMILES string of the molecule is CN1C(=O)CC[C@H]1C(=O)NN.Cl. The number of carbonyl (C=O) groups is 2. The van der Waals surface area contributed by atoms with Crippen LogP contribution in [-0.4, -0.2) is 29.8 Å². The van der Waals surface area contributed by atoms with Crippen molar-refractivity contribution in [1.29, 1.82) is 0 Å². The molecule has 0 aromatic rings. The highest BCUT2D eigenvalue weighted by Crippen LogP contribution is 2.15. The molecule has 1 aliphatic heterocycles. The minimum atomic E-state index is -0.368. The van der Waals surface area contributed by atoms with Gasteiger partial charge >= 0.3 is 0 Å². The Bertz CT molecular complexity index is 197. The average Bonchev–Trinajstić information content (AvgIpc) is 2.32. The van der Waals surface area contributed by atoms with E-state index in [9.17, 15) is 9.59 Å². The van der Waals surface area contributed by atoms with Crippen LogP contribution in [0.5, 0.6) is 0 Å². The normalized spacial score (nSPS) is 22.0. The van der Waals surface area contributed by atoms with Gasteiger partial charge in [-0.25, -0.2) is 5.84 Å². The van der Waals surface area contributed by atoms with Crippen LogP contribution in [0.4, 0.5) is 0 Å². The van der Waals surface area contributed by atoms with Gasteiger partial charge in [-0.3, -0.25) is 15.0 Å². The summed E-state index contributed by atoms with van der Waals surface area (Å²) >= 11 is 0. The highest BCUT2D eigenvalue weighted by atomic mass is 35.5. The van der Waals surface area contributed by atoms with Gasteiger partial charge in [-0.2, -0.15) is 0 Å². The van der Waals surface area contributed by atoms with Gasteiger partial charge in [-0.15, -0.1) is 12.4 Å². The zero-order valence-electron chi connectivity index (χ0n) is 6.74. The molecule has 1 rings (SSSR count). The second-order valence-corrected chi connectivity index (χ2v) is 2.57. The van der Waals surface area contributed by atoms with Crippen LogP contribution < -0.4 is 11.3 Å². The van der Waals surface area contributed by atoms with E-state index in [-0.39, 0.29) is 30.3 Å². The van der Waals surface area contributed by atoms with Crippen molar-refractivity contribution in [3.8, 4) is 0 Å². The molecule has 12 heavy (non-hydrogen) atoms. The van der Waals surface area contributed by atoms with E-state index in [0.717, 1.165) is 0 Å².